The van der Waals surface area contributed by atoms with Gasteiger partial charge < -0.3 is 14.2 Å². The lowest BCUT2D eigenvalue weighted by Gasteiger charge is -2.40. The van der Waals surface area contributed by atoms with Crippen LogP contribution in [0.3, 0.4) is 0 Å². The van der Waals surface area contributed by atoms with Crippen LogP contribution in [0.1, 0.15) is 20.8 Å². The van der Waals surface area contributed by atoms with Crippen LogP contribution < -0.4 is 0 Å². The van der Waals surface area contributed by atoms with Gasteiger partial charge in [-0.2, -0.15) is 0 Å². The number of fused-ring (bicyclic) bond motifs is 2. The summed E-state index contributed by atoms with van der Waals surface area (Å²) in [4.78, 5) is 0. The van der Waals surface area contributed by atoms with Gasteiger partial charge in [0.25, 0.3) is 0 Å². The van der Waals surface area contributed by atoms with E-state index in [0.29, 0.717) is 13.2 Å². The third-order valence-corrected chi connectivity index (χ3v) is 3.08. The SMILES string of the molecule is C=CC(C)(C)[C@@H]1OC[C@@]2(C)OC[C@@H]1O2. The standard InChI is InChI=1S/C11H18O3/c1-5-10(2,3)9-8-6-13-11(4,14-8)7-12-9/h5,8-9H,1,6-7H2,2-4H3/t8-,9+,11-/m0/s1. The molecule has 0 aromatic rings. The molecule has 3 nitrogen and oxygen atoms in total. The van der Waals surface area contributed by atoms with Gasteiger partial charge in [-0.15, -0.1) is 6.58 Å². The predicted octanol–water partition coefficient (Wildman–Crippen LogP) is 1.73. The van der Waals surface area contributed by atoms with E-state index in [-0.39, 0.29) is 17.6 Å². The lowest BCUT2D eigenvalue weighted by Crippen LogP contribution is -2.50. The number of hydrogen-bond donors (Lipinski definition) is 0. The van der Waals surface area contributed by atoms with Crippen molar-refractivity contribution >= 4 is 0 Å². The van der Waals surface area contributed by atoms with Gasteiger partial charge in [-0.25, -0.2) is 0 Å². The number of ether oxygens (including phenoxy) is 3. The lowest BCUT2D eigenvalue weighted by atomic mass is 9.83. The maximum absolute atomic E-state index is 5.80. The smallest absolute Gasteiger partial charge is 0.189 e. The zero-order valence-corrected chi connectivity index (χ0v) is 9.08. The zero-order chi connectivity index (χ0) is 10.4. The molecule has 0 spiro atoms. The van der Waals surface area contributed by atoms with Crippen molar-refractivity contribution < 1.29 is 14.2 Å². The van der Waals surface area contributed by atoms with Crippen molar-refractivity contribution in [3.05, 3.63) is 12.7 Å². The third-order valence-electron chi connectivity index (χ3n) is 3.08. The first kappa shape index (κ1) is 10.1. The Morgan fingerprint density at radius 2 is 2.21 bits per heavy atom. The quantitative estimate of drug-likeness (QED) is 0.632. The fourth-order valence-corrected chi connectivity index (χ4v) is 2.03. The van der Waals surface area contributed by atoms with Gasteiger partial charge in [0.2, 0.25) is 0 Å². The van der Waals surface area contributed by atoms with Crippen LogP contribution in [0.25, 0.3) is 0 Å². The molecule has 2 fully saturated rings. The Hall–Kier alpha value is -0.380. The second-order valence-corrected chi connectivity index (χ2v) is 4.86. The maximum atomic E-state index is 5.80. The van der Waals surface area contributed by atoms with Crippen LogP contribution in [0.5, 0.6) is 0 Å². The molecule has 3 atom stereocenters. The highest BCUT2D eigenvalue weighted by Gasteiger charge is 2.50. The molecule has 0 aromatic carbocycles. The average molecular weight is 198 g/mol. The molecule has 2 aliphatic heterocycles. The second-order valence-electron chi connectivity index (χ2n) is 4.86. The predicted molar refractivity (Wildman–Crippen MR) is 52.9 cm³/mol. The van der Waals surface area contributed by atoms with Gasteiger partial charge in [0.15, 0.2) is 5.79 Å². The molecule has 0 N–H and O–H groups in total. The lowest BCUT2D eigenvalue weighted by molar-refractivity contribution is -0.259. The van der Waals surface area contributed by atoms with Crippen molar-refractivity contribution in [2.75, 3.05) is 13.2 Å². The van der Waals surface area contributed by atoms with Gasteiger partial charge in [0.05, 0.1) is 12.7 Å². The van der Waals surface area contributed by atoms with Crippen LogP contribution in [0.2, 0.25) is 0 Å². The van der Waals surface area contributed by atoms with E-state index < -0.39 is 5.79 Å². The van der Waals surface area contributed by atoms with E-state index in [2.05, 4.69) is 20.4 Å². The van der Waals surface area contributed by atoms with Crippen molar-refractivity contribution in [1.82, 2.24) is 0 Å². The van der Waals surface area contributed by atoms with Crippen LogP contribution in [-0.4, -0.2) is 31.2 Å². The molecule has 0 radical (unpaired) electrons. The minimum Gasteiger partial charge on any atom is -0.369 e. The van der Waals surface area contributed by atoms with E-state index in [4.69, 9.17) is 14.2 Å². The second kappa shape index (κ2) is 3.05. The molecule has 2 rings (SSSR count). The van der Waals surface area contributed by atoms with Gasteiger partial charge in [-0.1, -0.05) is 19.9 Å². The van der Waals surface area contributed by atoms with E-state index >= 15 is 0 Å². The summed E-state index contributed by atoms with van der Waals surface area (Å²) < 4.78 is 17.1. The third kappa shape index (κ3) is 1.49. The van der Waals surface area contributed by atoms with Gasteiger partial charge in [0.1, 0.15) is 12.7 Å². The van der Waals surface area contributed by atoms with Crippen LogP contribution in [0.4, 0.5) is 0 Å². The summed E-state index contributed by atoms with van der Waals surface area (Å²) in [6.07, 6.45) is 2.01. The van der Waals surface area contributed by atoms with Crippen molar-refractivity contribution in [2.45, 2.75) is 38.8 Å². The molecule has 80 valence electrons. The maximum Gasteiger partial charge on any atom is 0.189 e. The van der Waals surface area contributed by atoms with Crippen molar-refractivity contribution in [2.24, 2.45) is 5.41 Å². The Labute approximate surface area is 85.0 Å². The molecule has 0 saturated carbocycles. The van der Waals surface area contributed by atoms with E-state index in [1.165, 1.54) is 0 Å². The molecule has 2 aliphatic rings. The molecule has 0 aliphatic carbocycles. The summed E-state index contributed by atoms with van der Waals surface area (Å²) >= 11 is 0. The van der Waals surface area contributed by atoms with Crippen LogP contribution in [0.15, 0.2) is 12.7 Å². The fourth-order valence-electron chi connectivity index (χ4n) is 2.03. The minimum absolute atomic E-state index is 0.0433. The summed E-state index contributed by atoms with van der Waals surface area (Å²) in [6.45, 7) is 11.1. The Morgan fingerprint density at radius 3 is 2.86 bits per heavy atom. The van der Waals surface area contributed by atoms with Gasteiger partial charge >= 0.3 is 0 Å². The molecule has 0 aromatic heterocycles. The molecule has 2 heterocycles. The van der Waals surface area contributed by atoms with E-state index in [1.54, 1.807) is 0 Å². The topological polar surface area (TPSA) is 27.7 Å². The van der Waals surface area contributed by atoms with Crippen molar-refractivity contribution in [3.63, 3.8) is 0 Å². The normalized spacial score (nSPS) is 42.5. The molecular formula is C11H18O3. The van der Waals surface area contributed by atoms with E-state index in [9.17, 15) is 0 Å². The highest BCUT2D eigenvalue weighted by atomic mass is 16.8. The average Bonchev–Trinajstić information content (AvgIpc) is 2.42. The first-order valence-electron chi connectivity index (χ1n) is 5.04. The summed E-state index contributed by atoms with van der Waals surface area (Å²) in [5.74, 6) is -0.515. The van der Waals surface area contributed by atoms with Crippen LogP contribution in [0, 0.1) is 5.41 Å². The van der Waals surface area contributed by atoms with Gasteiger partial charge in [-0.05, 0) is 6.92 Å². The summed E-state index contributed by atoms with van der Waals surface area (Å²) in [5, 5.41) is 0. The Kier molecular flexibility index (Phi) is 2.21. The van der Waals surface area contributed by atoms with Crippen molar-refractivity contribution in [3.8, 4) is 0 Å². The Bertz CT molecular complexity index is 249. The molecule has 14 heavy (non-hydrogen) atoms. The van der Waals surface area contributed by atoms with Crippen LogP contribution in [-0.2, 0) is 14.2 Å². The first-order valence-corrected chi connectivity index (χ1v) is 5.04. The summed E-state index contributed by atoms with van der Waals surface area (Å²) in [6, 6.07) is 0. The highest BCUT2D eigenvalue weighted by molar-refractivity contribution is 5.01. The highest BCUT2D eigenvalue weighted by Crippen LogP contribution is 2.39. The molecule has 0 amide bonds. The molecule has 2 bridgehead atoms. The minimum atomic E-state index is -0.515. The number of rotatable bonds is 2. The Morgan fingerprint density at radius 1 is 1.50 bits per heavy atom. The monoisotopic (exact) mass is 198 g/mol. The van der Waals surface area contributed by atoms with Crippen LogP contribution >= 0.6 is 0 Å². The first-order chi connectivity index (χ1) is 6.47. The summed E-state index contributed by atoms with van der Waals surface area (Å²) in [5.41, 5.74) is -0.0697. The molecule has 2 saturated heterocycles. The van der Waals surface area contributed by atoms with Gasteiger partial charge in [-0.3, -0.25) is 0 Å². The Balaban J connectivity index is 2.14. The number of hydrogen-bond acceptors (Lipinski definition) is 3. The largest absolute Gasteiger partial charge is 0.369 e. The van der Waals surface area contributed by atoms with E-state index in [0.717, 1.165) is 0 Å². The van der Waals surface area contributed by atoms with Crippen molar-refractivity contribution in [1.29, 1.82) is 0 Å². The molecule has 0 unspecified atom stereocenters. The fraction of sp³-hybridized carbons (Fsp3) is 0.818. The molecule has 3 heteroatoms. The van der Waals surface area contributed by atoms with E-state index in [1.807, 2.05) is 13.0 Å². The zero-order valence-electron chi connectivity index (χ0n) is 9.08. The van der Waals surface area contributed by atoms with Gasteiger partial charge in [0, 0.05) is 5.41 Å². The molecular weight excluding hydrogens is 180 g/mol. The summed E-state index contributed by atoms with van der Waals surface area (Å²) in [7, 11) is 0.